The Hall–Kier alpha value is -0.780. The molecule has 0 saturated carbocycles. The van der Waals surface area contributed by atoms with E-state index >= 15 is 0 Å². The van der Waals surface area contributed by atoms with Crippen LogP contribution >= 0.6 is 34.5 Å². The maximum atomic E-state index is 11.9. The van der Waals surface area contributed by atoms with Gasteiger partial charge in [0.2, 0.25) is 0 Å². The van der Waals surface area contributed by atoms with E-state index in [1.54, 1.807) is 14.1 Å². The van der Waals surface area contributed by atoms with E-state index in [2.05, 4.69) is 4.74 Å². The molecule has 0 N–H and O–H groups in total. The Labute approximate surface area is 113 Å². The predicted octanol–water partition coefficient (Wildman–Crippen LogP) is 2.47. The van der Waals surface area contributed by atoms with Gasteiger partial charge in [-0.3, -0.25) is 9.59 Å². The lowest BCUT2D eigenvalue weighted by Crippen LogP contribution is -2.23. The molecule has 0 fully saturated rings. The van der Waals surface area contributed by atoms with Crippen LogP contribution in [-0.4, -0.2) is 38.0 Å². The van der Waals surface area contributed by atoms with E-state index in [1.165, 1.54) is 12.0 Å². The van der Waals surface area contributed by atoms with Crippen molar-refractivity contribution in [3.8, 4) is 0 Å². The second kappa shape index (κ2) is 5.71. The number of nitrogens with zero attached hydrogens (tertiary/aromatic N) is 1. The van der Waals surface area contributed by atoms with Crippen molar-refractivity contribution in [1.29, 1.82) is 0 Å². The quantitative estimate of drug-likeness (QED) is 0.805. The SMILES string of the molecule is COC(=O)Cc1sc(Cl)c(Cl)c1C(=O)N(C)C. The van der Waals surface area contributed by atoms with E-state index in [4.69, 9.17) is 23.2 Å². The molecule has 4 nitrogen and oxygen atoms in total. The van der Waals surface area contributed by atoms with Crippen molar-refractivity contribution in [2.45, 2.75) is 6.42 Å². The van der Waals surface area contributed by atoms with Gasteiger partial charge in [-0.2, -0.15) is 0 Å². The number of hydrogen-bond acceptors (Lipinski definition) is 4. The highest BCUT2D eigenvalue weighted by Gasteiger charge is 2.24. The zero-order chi connectivity index (χ0) is 13.2. The number of halogens is 2. The number of thiophene rings is 1. The largest absolute Gasteiger partial charge is 0.469 e. The van der Waals surface area contributed by atoms with Crippen molar-refractivity contribution in [1.82, 2.24) is 4.90 Å². The van der Waals surface area contributed by atoms with Crippen LogP contribution in [-0.2, 0) is 16.0 Å². The summed E-state index contributed by atoms with van der Waals surface area (Å²) in [4.78, 5) is 25.0. The van der Waals surface area contributed by atoms with Crippen LogP contribution in [0.5, 0.6) is 0 Å². The molecule has 0 bridgehead atoms. The fourth-order valence-corrected chi connectivity index (χ4v) is 2.82. The third-order valence-electron chi connectivity index (χ3n) is 2.04. The normalized spacial score (nSPS) is 10.2. The van der Waals surface area contributed by atoms with Gasteiger partial charge in [-0.25, -0.2) is 0 Å². The Balaban J connectivity index is 3.17. The van der Waals surface area contributed by atoms with Crippen molar-refractivity contribution in [3.63, 3.8) is 0 Å². The number of rotatable bonds is 3. The summed E-state index contributed by atoms with van der Waals surface area (Å²) in [6, 6.07) is 0. The van der Waals surface area contributed by atoms with Crippen LogP contribution < -0.4 is 0 Å². The number of hydrogen-bond donors (Lipinski definition) is 0. The first-order valence-electron chi connectivity index (χ1n) is 4.63. The van der Waals surface area contributed by atoms with E-state index in [0.717, 1.165) is 11.3 Å². The van der Waals surface area contributed by atoms with Crippen LogP contribution in [0.3, 0.4) is 0 Å². The van der Waals surface area contributed by atoms with Crippen molar-refractivity contribution < 1.29 is 14.3 Å². The molecule has 94 valence electrons. The molecule has 1 amide bonds. The third-order valence-corrected chi connectivity index (χ3v) is 4.02. The average Bonchev–Trinajstić information content (AvgIpc) is 2.53. The van der Waals surface area contributed by atoms with Gasteiger partial charge in [0.25, 0.3) is 5.91 Å². The Bertz CT molecular complexity index is 457. The molecule has 0 unspecified atom stereocenters. The van der Waals surface area contributed by atoms with Crippen molar-refractivity contribution >= 4 is 46.4 Å². The standard InChI is InChI=1S/C10H11Cl2NO3S/c1-13(2)10(15)7-5(4-6(14)16-3)17-9(12)8(7)11/h4H2,1-3H3. The Morgan fingerprint density at radius 2 is 1.94 bits per heavy atom. The summed E-state index contributed by atoms with van der Waals surface area (Å²) in [6.07, 6.45) is -0.0114. The molecule has 0 spiro atoms. The monoisotopic (exact) mass is 295 g/mol. The number of ether oxygens (including phenoxy) is 1. The summed E-state index contributed by atoms with van der Waals surface area (Å²) in [5.41, 5.74) is 0.275. The van der Waals surface area contributed by atoms with Crippen LogP contribution in [0, 0.1) is 0 Å². The summed E-state index contributed by atoms with van der Waals surface area (Å²) in [7, 11) is 4.49. The van der Waals surface area contributed by atoms with Crippen molar-refractivity contribution in [2.24, 2.45) is 0 Å². The number of methoxy groups -OCH3 is 1. The summed E-state index contributed by atoms with van der Waals surface area (Å²) in [5, 5.41) is 0.189. The zero-order valence-electron chi connectivity index (χ0n) is 9.54. The van der Waals surface area contributed by atoms with E-state index in [-0.39, 0.29) is 22.9 Å². The fourth-order valence-electron chi connectivity index (χ4n) is 1.19. The molecule has 0 aliphatic carbocycles. The van der Waals surface area contributed by atoms with E-state index in [0.29, 0.717) is 9.21 Å². The molecule has 0 aliphatic heterocycles. The van der Waals surface area contributed by atoms with Crippen LogP contribution in [0.2, 0.25) is 9.36 Å². The molecule has 0 aromatic carbocycles. The zero-order valence-corrected chi connectivity index (χ0v) is 11.9. The highest BCUT2D eigenvalue weighted by molar-refractivity contribution is 7.17. The lowest BCUT2D eigenvalue weighted by molar-refractivity contribution is -0.139. The maximum Gasteiger partial charge on any atom is 0.310 e. The molecule has 0 atom stereocenters. The van der Waals surface area contributed by atoms with Crippen molar-refractivity contribution in [2.75, 3.05) is 21.2 Å². The van der Waals surface area contributed by atoms with Gasteiger partial charge in [0, 0.05) is 19.0 Å². The van der Waals surface area contributed by atoms with Gasteiger partial charge in [-0.1, -0.05) is 23.2 Å². The number of carbonyl (C=O) groups excluding carboxylic acids is 2. The van der Waals surface area contributed by atoms with Gasteiger partial charge in [0.05, 0.1) is 24.1 Å². The van der Waals surface area contributed by atoms with Gasteiger partial charge in [0.15, 0.2) is 0 Å². The fraction of sp³-hybridized carbons (Fsp3) is 0.400. The summed E-state index contributed by atoms with van der Waals surface area (Å²) in [5.74, 6) is -0.718. The maximum absolute atomic E-state index is 11.9. The van der Waals surface area contributed by atoms with E-state index in [9.17, 15) is 9.59 Å². The molecular weight excluding hydrogens is 285 g/mol. The van der Waals surface area contributed by atoms with Gasteiger partial charge in [-0.05, 0) is 0 Å². The van der Waals surface area contributed by atoms with E-state index < -0.39 is 5.97 Å². The molecule has 1 aromatic heterocycles. The number of esters is 1. The molecule has 1 rings (SSSR count). The summed E-state index contributed by atoms with van der Waals surface area (Å²) in [6.45, 7) is 0. The first-order valence-corrected chi connectivity index (χ1v) is 6.20. The minimum atomic E-state index is -0.438. The van der Waals surface area contributed by atoms with Crippen molar-refractivity contribution in [3.05, 3.63) is 19.8 Å². The predicted molar refractivity (Wildman–Crippen MR) is 68.1 cm³/mol. The first-order chi connectivity index (χ1) is 7.88. The topological polar surface area (TPSA) is 46.6 Å². The Kier molecular flexibility index (Phi) is 4.80. The molecule has 0 saturated heterocycles. The second-order valence-corrected chi connectivity index (χ2v) is 5.53. The molecule has 7 heteroatoms. The van der Waals surface area contributed by atoms with Crippen LogP contribution in [0.25, 0.3) is 0 Å². The van der Waals surface area contributed by atoms with Crippen LogP contribution in [0.1, 0.15) is 15.2 Å². The molecule has 0 radical (unpaired) electrons. The van der Waals surface area contributed by atoms with Crippen LogP contribution in [0.4, 0.5) is 0 Å². The molecule has 0 aliphatic rings. The first kappa shape index (κ1) is 14.3. The Morgan fingerprint density at radius 3 is 2.41 bits per heavy atom. The van der Waals surface area contributed by atoms with Gasteiger partial charge in [-0.15, -0.1) is 11.3 Å². The second-order valence-electron chi connectivity index (χ2n) is 3.44. The number of carbonyl (C=O) groups is 2. The third kappa shape index (κ3) is 3.12. The minimum absolute atomic E-state index is 0.0114. The highest BCUT2D eigenvalue weighted by Crippen LogP contribution is 2.37. The van der Waals surface area contributed by atoms with Gasteiger partial charge in [0.1, 0.15) is 4.34 Å². The highest BCUT2D eigenvalue weighted by atomic mass is 35.5. The summed E-state index contributed by atoms with van der Waals surface area (Å²) < 4.78 is 4.86. The molecular formula is C10H11Cl2NO3S. The summed E-state index contributed by atoms with van der Waals surface area (Å²) >= 11 is 12.9. The van der Waals surface area contributed by atoms with Crippen LogP contribution in [0.15, 0.2) is 0 Å². The minimum Gasteiger partial charge on any atom is -0.469 e. The lowest BCUT2D eigenvalue weighted by atomic mass is 10.2. The lowest BCUT2D eigenvalue weighted by Gasteiger charge is -2.11. The smallest absolute Gasteiger partial charge is 0.310 e. The number of amides is 1. The Morgan fingerprint density at radius 1 is 1.35 bits per heavy atom. The molecule has 1 heterocycles. The molecule has 1 aromatic rings. The average molecular weight is 296 g/mol. The molecule has 17 heavy (non-hydrogen) atoms. The van der Waals surface area contributed by atoms with E-state index in [1.807, 2.05) is 0 Å². The van der Waals surface area contributed by atoms with Gasteiger partial charge < -0.3 is 9.64 Å². The van der Waals surface area contributed by atoms with Gasteiger partial charge >= 0.3 is 5.97 Å².